The van der Waals surface area contributed by atoms with Crippen LogP contribution in [0.15, 0.2) is 223 Å². The summed E-state index contributed by atoms with van der Waals surface area (Å²) in [5, 5.41) is 12.1. The van der Waals surface area contributed by atoms with Crippen molar-refractivity contribution in [1.82, 2.24) is 0 Å². The Morgan fingerprint density at radius 1 is 0.220 bits per heavy atom. The van der Waals surface area contributed by atoms with E-state index < -0.39 is 0 Å². The van der Waals surface area contributed by atoms with E-state index in [9.17, 15) is 0 Å². The van der Waals surface area contributed by atoms with Crippen molar-refractivity contribution in [1.29, 1.82) is 0 Å². The highest BCUT2D eigenvalue weighted by Crippen LogP contribution is 2.49. The fourth-order valence-electron chi connectivity index (χ4n) is 9.73. The highest BCUT2D eigenvalue weighted by molar-refractivity contribution is 6.26. The van der Waals surface area contributed by atoms with Gasteiger partial charge in [-0.25, -0.2) is 0 Å². The molecule has 1 heterocycles. The van der Waals surface area contributed by atoms with Gasteiger partial charge in [-0.2, -0.15) is 0 Å². The molecule has 1 aromatic heterocycles. The summed E-state index contributed by atoms with van der Waals surface area (Å²) in [7, 11) is 0. The van der Waals surface area contributed by atoms with E-state index in [0.717, 1.165) is 27.5 Å². The average molecular weight is 749 g/mol. The van der Waals surface area contributed by atoms with Crippen LogP contribution in [0.1, 0.15) is 0 Å². The van der Waals surface area contributed by atoms with Crippen LogP contribution in [0, 0.1) is 0 Å². The van der Waals surface area contributed by atoms with Crippen molar-refractivity contribution in [3.8, 4) is 55.6 Å². The van der Waals surface area contributed by atoms with E-state index >= 15 is 0 Å². The minimum absolute atomic E-state index is 0.883. The standard InChI is InChI=1S/C58H36O/c1-3-16-37(17-4-1)38-30-32-40(33-31-38)55-46-24-11-13-26-48(46)57(49-27-14-12-25-47(49)55)51-28-15-29-52-58(51)50-35-34-41(36-53(50)59-52)56-44-22-9-7-20-42(44)54(39-18-5-2-6-19-39)43-21-8-10-23-45(43)56/h1-36H. The number of benzene rings is 11. The molecule has 59 heavy (non-hydrogen) atoms. The summed E-state index contributed by atoms with van der Waals surface area (Å²) in [5.74, 6) is 0. The Morgan fingerprint density at radius 3 is 1.10 bits per heavy atom. The summed E-state index contributed by atoms with van der Waals surface area (Å²) in [5.41, 5.74) is 13.9. The van der Waals surface area contributed by atoms with Crippen LogP contribution in [-0.2, 0) is 0 Å². The third-order valence-corrected chi connectivity index (χ3v) is 12.3. The number of fused-ring (bicyclic) bond motifs is 7. The number of hydrogen-bond donors (Lipinski definition) is 0. The van der Waals surface area contributed by atoms with Gasteiger partial charge >= 0.3 is 0 Å². The van der Waals surface area contributed by atoms with Crippen molar-refractivity contribution < 1.29 is 4.42 Å². The van der Waals surface area contributed by atoms with Gasteiger partial charge in [0.2, 0.25) is 0 Å². The zero-order chi connectivity index (χ0) is 38.9. The molecule has 1 heteroatoms. The van der Waals surface area contributed by atoms with Crippen LogP contribution >= 0.6 is 0 Å². The molecule has 1 nitrogen and oxygen atoms in total. The van der Waals surface area contributed by atoms with Gasteiger partial charge in [0.15, 0.2) is 0 Å². The Hall–Kier alpha value is -7.74. The van der Waals surface area contributed by atoms with Crippen LogP contribution in [-0.4, -0.2) is 0 Å². The molecular weight excluding hydrogens is 713 g/mol. The first kappa shape index (κ1) is 33.4. The average Bonchev–Trinajstić information content (AvgIpc) is 3.69. The lowest BCUT2D eigenvalue weighted by Gasteiger charge is -2.18. The van der Waals surface area contributed by atoms with Crippen molar-refractivity contribution in [3.63, 3.8) is 0 Å². The first-order valence-electron chi connectivity index (χ1n) is 20.3. The largest absolute Gasteiger partial charge is 0.456 e. The maximum atomic E-state index is 6.86. The summed E-state index contributed by atoms with van der Waals surface area (Å²) >= 11 is 0. The predicted molar refractivity (Wildman–Crippen MR) is 251 cm³/mol. The molecule has 0 aliphatic carbocycles. The quantitative estimate of drug-likeness (QED) is 0.160. The third-order valence-electron chi connectivity index (χ3n) is 12.3. The molecule has 0 atom stereocenters. The first-order chi connectivity index (χ1) is 29.3. The van der Waals surface area contributed by atoms with E-state index in [1.165, 1.54) is 93.2 Å². The molecule has 0 saturated heterocycles. The Morgan fingerprint density at radius 2 is 0.593 bits per heavy atom. The summed E-state index contributed by atoms with van der Waals surface area (Å²) < 4.78 is 6.86. The van der Waals surface area contributed by atoms with Gasteiger partial charge in [0.1, 0.15) is 11.2 Å². The first-order valence-corrected chi connectivity index (χ1v) is 20.3. The van der Waals surface area contributed by atoms with Crippen LogP contribution in [0.3, 0.4) is 0 Å². The molecule has 0 aliphatic rings. The zero-order valence-electron chi connectivity index (χ0n) is 32.2. The zero-order valence-corrected chi connectivity index (χ0v) is 32.2. The van der Waals surface area contributed by atoms with E-state index in [4.69, 9.17) is 4.42 Å². The Labute approximate surface area is 342 Å². The molecule has 0 fully saturated rings. The van der Waals surface area contributed by atoms with Crippen molar-refractivity contribution in [3.05, 3.63) is 218 Å². The van der Waals surface area contributed by atoms with Crippen molar-refractivity contribution in [2.45, 2.75) is 0 Å². The SMILES string of the molecule is c1ccc(-c2ccc(-c3c4ccccc4c(-c4cccc5oc6cc(-c7c8ccccc8c(-c8ccccc8)c8ccccc78)ccc6c45)c4ccccc34)cc2)cc1. The Kier molecular flexibility index (Phi) is 7.61. The van der Waals surface area contributed by atoms with Crippen LogP contribution in [0.25, 0.3) is 121 Å². The highest BCUT2D eigenvalue weighted by atomic mass is 16.3. The summed E-state index contributed by atoms with van der Waals surface area (Å²) in [6.45, 7) is 0. The smallest absolute Gasteiger partial charge is 0.136 e. The van der Waals surface area contributed by atoms with Gasteiger partial charge in [-0.3, -0.25) is 0 Å². The molecule has 0 saturated carbocycles. The van der Waals surface area contributed by atoms with E-state index in [1.807, 2.05) is 0 Å². The van der Waals surface area contributed by atoms with Crippen molar-refractivity contribution in [2.75, 3.05) is 0 Å². The van der Waals surface area contributed by atoms with Crippen LogP contribution in [0.5, 0.6) is 0 Å². The molecule has 274 valence electrons. The van der Waals surface area contributed by atoms with Crippen molar-refractivity contribution in [2.24, 2.45) is 0 Å². The summed E-state index contributed by atoms with van der Waals surface area (Å²) in [6, 6.07) is 79.3. The minimum atomic E-state index is 0.883. The fourth-order valence-corrected chi connectivity index (χ4v) is 9.73. The summed E-state index contributed by atoms with van der Waals surface area (Å²) in [6.07, 6.45) is 0. The molecule has 11 aromatic carbocycles. The van der Waals surface area contributed by atoms with Gasteiger partial charge < -0.3 is 4.42 Å². The minimum Gasteiger partial charge on any atom is -0.456 e. The molecule has 0 spiro atoms. The van der Waals surface area contributed by atoms with Crippen LogP contribution < -0.4 is 0 Å². The number of hydrogen-bond acceptors (Lipinski definition) is 1. The Balaban J connectivity index is 1.07. The van der Waals surface area contributed by atoms with Gasteiger partial charge in [-0.05, 0) is 117 Å². The highest BCUT2D eigenvalue weighted by Gasteiger charge is 2.22. The normalized spacial score (nSPS) is 11.7. The number of furan rings is 1. The molecular formula is C58H36O. The lowest BCUT2D eigenvalue weighted by Crippen LogP contribution is -1.91. The molecule has 0 N–H and O–H groups in total. The second kappa shape index (κ2) is 13.4. The van der Waals surface area contributed by atoms with E-state index in [1.54, 1.807) is 0 Å². The molecule has 0 aliphatic heterocycles. The molecule has 12 aromatic rings. The summed E-state index contributed by atoms with van der Waals surface area (Å²) in [4.78, 5) is 0. The number of rotatable bonds is 5. The van der Waals surface area contributed by atoms with E-state index in [-0.39, 0.29) is 0 Å². The van der Waals surface area contributed by atoms with E-state index in [2.05, 4.69) is 218 Å². The van der Waals surface area contributed by atoms with Crippen molar-refractivity contribution >= 4 is 65.0 Å². The van der Waals surface area contributed by atoms with Crippen LogP contribution in [0.4, 0.5) is 0 Å². The second-order valence-corrected chi connectivity index (χ2v) is 15.5. The molecule has 0 radical (unpaired) electrons. The molecule has 0 amide bonds. The van der Waals surface area contributed by atoms with Gasteiger partial charge in [0, 0.05) is 10.8 Å². The van der Waals surface area contributed by atoms with Crippen LogP contribution in [0.2, 0.25) is 0 Å². The lowest BCUT2D eigenvalue weighted by molar-refractivity contribution is 0.669. The maximum Gasteiger partial charge on any atom is 0.136 e. The van der Waals surface area contributed by atoms with E-state index in [0.29, 0.717) is 0 Å². The molecule has 12 rings (SSSR count). The molecule has 0 bridgehead atoms. The van der Waals surface area contributed by atoms with Gasteiger partial charge in [0.05, 0.1) is 0 Å². The van der Waals surface area contributed by atoms with Gasteiger partial charge in [-0.1, -0.05) is 200 Å². The second-order valence-electron chi connectivity index (χ2n) is 15.5. The Bertz CT molecular complexity index is 3460. The van der Waals surface area contributed by atoms with Gasteiger partial charge in [0.25, 0.3) is 0 Å². The topological polar surface area (TPSA) is 13.1 Å². The fraction of sp³-hybridized carbons (Fsp3) is 0. The maximum absolute atomic E-state index is 6.86. The molecule has 0 unspecified atom stereocenters. The lowest BCUT2D eigenvalue weighted by atomic mass is 9.84. The predicted octanol–water partition coefficient (Wildman–Crippen LogP) is 16.5. The third kappa shape index (κ3) is 5.25. The van der Waals surface area contributed by atoms with Gasteiger partial charge in [-0.15, -0.1) is 0 Å². The monoisotopic (exact) mass is 748 g/mol.